The summed E-state index contributed by atoms with van der Waals surface area (Å²) >= 11 is 5.08. The molecule has 0 N–H and O–H groups in total. The Bertz CT molecular complexity index is 709. The third-order valence-electron chi connectivity index (χ3n) is 5.07. The highest BCUT2D eigenvalue weighted by atomic mass is 32.1. The van der Waals surface area contributed by atoms with E-state index in [1.165, 1.54) is 0 Å². The van der Waals surface area contributed by atoms with Gasteiger partial charge in [-0.15, -0.1) is 0 Å². The standard InChI is InChI=1S/C19H22N2O2S/c1-19(2)9-13(18-16(22)7-12(24)8-17(18)23)14(11-20)15(10-19)21-5-3-4-6-21/h3-10H2,1-2H3. The van der Waals surface area contributed by atoms with E-state index in [0.29, 0.717) is 22.4 Å². The topological polar surface area (TPSA) is 61.2 Å². The predicted molar refractivity (Wildman–Crippen MR) is 95.3 cm³/mol. The number of allylic oxidation sites excluding steroid dienone is 4. The van der Waals surface area contributed by atoms with Gasteiger partial charge < -0.3 is 4.90 Å². The van der Waals surface area contributed by atoms with Gasteiger partial charge in [0.05, 0.1) is 11.1 Å². The third-order valence-corrected chi connectivity index (χ3v) is 5.35. The molecular weight excluding hydrogens is 320 g/mol. The molecule has 0 spiro atoms. The molecule has 2 aliphatic carbocycles. The summed E-state index contributed by atoms with van der Waals surface area (Å²) in [7, 11) is 0. The number of thiocarbonyl (C=S) groups is 1. The Morgan fingerprint density at radius 3 is 2.21 bits per heavy atom. The predicted octanol–water partition coefficient (Wildman–Crippen LogP) is 3.28. The highest BCUT2D eigenvalue weighted by Crippen LogP contribution is 2.45. The van der Waals surface area contributed by atoms with Gasteiger partial charge in [-0.2, -0.15) is 5.26 Å². The molecule has 1 saturated heterocycles. The van der Waals surface area contributed by atoms with Crippen molar-refractivity contribution < 1.29 is 9.59 Å². The summed E-state index contributed by atoms with van der Waals surface area (Å²) in [6.07, 6.45) is 3.96. The van der Waals surface area contributed by atoms with Gasteiger partial charge in [0.1, 0.15) is 6.07 Å². The molecule has 2 fully saturated rings. The molecule has 1 saturated carbocycles. The highest BCUT2D eigenvalue weighted by Gasteiger charge is 2.39. The van der Waals surface area contributed by atoms with Crippen LogP contribution in [0.4, 0.5) is 0 Å². The summed E-state index contributed by atoms with van der Waals surface area (Å²) in [5.41, 5.74) is 2.40. The van der Waals surface area contributed by atoms with Crippen LogP contribution in [0.3, 0.4) is 0 Å². The number of Topliss-reactive ketones (excluding diaryl/α,β-unsaturated/α-hetero) is 2. The normalized spacial score (nSPS) is 24.7. The molecule has 0 radical (unpaired) electrons. The minimum absolute atomic E-state index is 0.0703. The quantitative estimate of drug-likeness (QED) is 0.416. The van der Waals surface area contributed by atoms with Crippen LogP contribution in [0.2, 0.25) is 0 Å². The lowest BCUT2D eigenvalue weighted by molar-refractivity contribution is -0.121. The van der Waals surface area contributed by atoms with Crippen molar-refractivity contribution in [2.45, 2.75) is 52.4 Å². The molecule has 126 valence electrons. The second kappa shape index (κ2) is 6.25. The molecule has 4 nitrogen and oxygen atoms in total. The van der Waals surface area contributed by atoms with Crippen LogP contribution in [0, 0.1) is 16.7 Å². The van der Waals surface area contributed by atoms with Crippen molar-refractivity contribution in [3.05, 3.63) is 22.4 Å². The van der Waals surface area contributed by atoms with E-state index in [-0.39, 0.29) is 35.4 Å². The molecule has 1 heterocycles. The first-order valence-electron chi connectivity index (χ1n) is 8.52. The van der Waals surface area contributed by atoms with E-state index in [1.807, 2.05) is 0 Å². The fourth-order valence-corrected chi connectivity index (χ4v) is 4.30. The fourth-order valence-electron chi connectivity index (χ4n) is 4.04. The zero-order chi connectivity index (χ0) is 17.5. The molecule has 0 amide bonds. The number of nitrogens with zero attached hydrogens (tertiary/aromatic N) is 2. The fraction of sp³-hybridized carbons (Fsp3) is 0.579. The van der Waals surface area contributed by atoms with Crippen molar-refractivity contribution in [1.29, 1.82) is 5.26 Å². The number of hydrogen-bond donors (Lipinski definition) is 0. The second-order valence-corrected chi connectivity index (χ2v) is 8.31. The minimum Gasteiger partial charge on any atom is -0.374 e. The van der Waals surface area contributed by atoms with Crippen molar-refractivity contribution in [3.8, 4) is 6.07 Å². The average molecular weight is 342 g/mol. The number of carbonyl (C=O) groups excluding carboxylic acids is 2. The van der Waals surface area contributed by atoms with E-state index >= 15 is 0 Å². The van der Waals surface area contributed by atoms with E-state index < -0.39 is 0 Å². The maximum Gasteiger partial charge on any atom is 0.171 e. The van der Waals surface area contributed by atoms with Gasteiger partial charge in [-0.3, -0.25) is 9.59 Å². The van der Waals surface area contributed by atoms with Crippen molar-refractivity contribution >= 4 is 28.6 Å². The first-order chi connectivity index (χ1) is 11.3. The Hall–Kier alpha value is -1.80. The Labute approximate surface area is 148 Å². The summed E-state index contributed by atoms with van der Waals surface area (Å²) in [5.74, 6) is -0.421. The maximum absolute atomic E-state index is 12.5. The lowest BCUT2D eigenvalue weighted by Gasteiger charge is -2.38. The molecule has 24 heavy (non-hydrogen) atoms. The SMILES string of the molecule is CC1(C)CC(=C2C(=O)CC(=S)CC2=O)C(C#N)=C(N2CCCC2)C1. The van der Waals surface area contributed by atoms with Crippen LogP contribution in [0.5, 0.6) is 0 Å². The molecule has 0 unspecified atom stereocenters. The third kappa shape index (κ3) is 3.08. The summed E-state index contributed by atoms with van der Waals surface area (Å²) in [5, 5.41) is 9.80. The lowest BCUT2D eigenvalue weighted by Crippen LogP contribution is -2.33. The monoisotopic (exact) mass is 342 g/mol. The van der Waals surface area contributed by atoms with Gasteiger partial charge in [-0.05, 0) is 36.7 Å². The number of ketones is 2. The van der Waals surface area contributed by atoms with Crippen molar-refractivity contribution in [2.24, 2.45) is 5.41 Å². The first-order valence-corrected chi connectivity index (χ1v) is 8.93. The number of nitriles is 1. The molecule has 5 heteroatoms. The number of carbonyl (C=O) groups is 2. The van der Waals surface area contributed by atoms with Gasteiger partial charge in [-0.1, -0.05) is 26.1 Å². The molecule has 1 aliphatic heterocycles. The van der Waals surface area contributed by atoms with Crippen LogP contribution in [-0.2, 0) is 9.59 Å². The Morgan fingerprint density at radius 2 is 1.67 bits per heavy atom. The van der Waals surface area contributed by atoms with E-state index in [0.717, 1.165) is 38.0 Å². The van der Waals surface area contributed by atoms with E-state index in [9.17, 15) is 14.9 Å². The smallest absolute Gasteiger partial charge is 0.171 e. The Kier molecular flexibility index (Phi) is 4.44. The van der Waals surface area contributed by atoms with Crippen LogP contribution in [-0.4, -0.2) is 34.4 Å². The average Bonchev–Trinajstić information content (AvgIpc) is 2.98. The lowest BCUT2D eigenvalue weighted by atomic mass is 9.70. The highest BCUT2D eigenvalue weighted by molar-refractivity contribution is 7.80. The summed E-state index contributed by atoms with van der Waals surface area (Å²) < 4.78 is 0. The molecule has 0 atom stereocenters. The maximum atomic E-state index is 12.5. The molecule has 0 aromatic rings. The van der Waals surface area contributed by atoms with E-state index in [1.54, 1.807) is 0 Å². The zero-order valence-corrected chi connectivity index (χ0v) is 15.1. The van der Waals surface area contributed by atoms with Gasteiger partial charge in [0.15, 0.2) is 11.6 Å². The zero-order valence-electron chi connectivity index (χ0n) is 14.3. The summed E-state index contributed by atoms with van der Waals surface area (Å²) in [4.78, 5) is 27.8. The molecule has 0 bridgehead atoms. The van der Waals surface area contributed by atoms with Crippen LogP contribution in [0.1, 0.15) is 52.4 Å². The second-order valence-electron chi connectivity index (χ2n) is 7.74. The van der Waals surface area contributed by atoms with Gasteiger partial charge in [0.2, 0.25) is 0 Å². The van der Waals surface area contributed by atoms with Crippen LogP contribution in [0.15, 0.2) is 22.4 Å². The van der Waals surface area contributed by atoms with Crippen molar-refractivity contribution in [2.75, 3.05) is 13.1 Å². The van der Waals surface area contributed by atoms with Crippen LogP contribution >= 0.6 is 12.2 Å². The minimum atomic E-state index is -0.211. The largest absolute Gasteiger partial charge is 0.374 e. The van der Waals surface area contributed by atoms with E-state index in [4.69, 9.17) is 12.2 Å². The number of rotatable bonds is 1. The van der Waals surface area contributed by atoms with Crippen LogP contribution in [0.25, 0.3) is 0 Å². The molecule has 0 aromatic carbocycles. The molecular formula is C19H22N2O2S. The van der Waals surface area contributed by atoms with Gasteiger partial charge in [0.25, 0.3) is 0 Å². The molecule has 0 aromatic heterocycles. The summed E-state index contributed by atoms with van der Waals surface area (Å²) in [6.45, 7) is 6.18. The van der Waals surface area contributed by atoms with Crippen molar-refractivity contribution in [1.82, 2.24) is 4.90 Å². The first kappa shape index (κ1) is 17.0. The van der Waals surface area contributed by atoms with Crippen molar-refractivity contribution in [3.63, 3.8) is 0 Å². The Balaban J connectivity index is 2.17. The van der Waals surface area contributed by atoms with Gasteiger partial charge >= 0.3 is 0 Å². The van der Waals surface area contributed by atoms with Crippen LogP contribution < -0.4 is 0 Å². The molecule has 3 aliphatic rings. The Morgan fingerprint density at radius 1 is 1.08 bits per heavy atom. The number of likely N-dealkylation sites (tertiary alicyclic amines) is 1. The van der Waals surface area contributed by atoms with E-state index in [2.05, 4.69) is 24.8 Å². The van der Waals surface area contributed by atoms with Gasteiger partial charge in [-0.25, -0.2) is 0 Å². The van der Waals surface area contributed by atoms with Gasteiger partial charge in [0, 0.05) is 36.5 Å². The number of hydrogen-bond acceptors (Lipinski definition) is 5. The molecule has 3 rings (SSSR count). The summed E-state index contributed by atoms with van der Waals surface area (Å²) in [6, 6.07) is 2.31.